The van der Waals surface area contributed by atoms with E-state index >= 15 is 0 Å². The van der Waals surface area contributed by atoms with E-state index in [9.17, 15) is 5.11 Å². The van der Waals surface area contributed by atoms with Crippen LogP contribution in [0.2, 0.25) is 0 Å². The Kier molecular flexibility index (Phi) is 4.36. The van der Waals surface area contributed by atoms with Crippen LogP contribution in [-0.4, -0.2) is 27.0 Å². The van der Waals surface area contributed by atoms with Crippen molar-refractivity contribution < 1.29 is 5.11 Å². The third kappa shape index (κ3) is 3.71. The molecule has 0 atom stereocenters. The molecule has 21 heavy (non-hydrogen) atoms. The zero-order chi connectivity index (χ0) is 14.5. The van der Waals surface area contributed by atoms with Crippen molar-refractivity contribution in [1.82, 2.24) is 15.1 Å². The van der Waals surface area contributed by atoms with Crippen LogP contribution in [0.1, 0.15) is 37.7 Å². The second-order valence-electron chi connectivity index (χ2n) is 6.01. The van der Waals surface area contributed by atoms with Crippen molar-refractivity contribution in [3.63, 3.8) is 0 Å². The molecule has 0 spiro atoms. The number of aromatic nitrogens is 2. The lowest BCUT2D eigenvalue weighted by Gasteiger charge is -2.32. The third-order valence-electron chi connectivity index (χ3n) is 4.25. The number of rotatable bonds is 5. The number of nitrogens with one attached hydrogen (secondary N) is 1. The highest BCUT2D eigenvalue weighted by atomic mass is 16.3. The predicted octanol–water partition coefficient (Wildman–Crippen LogP) is 2.66. The lowest BCUT2D eigenvalue weighted by Crippen LogP contribution is -2.41. The van der Waals surface area contributed by atoms with Crippen LogP contribution in [0.5, 0.6) is 0 Å². The molecule has 1 heterocycles. The monoisotopic (exact) mass is 285 g/mol. The minimum atomic E-state index is -0.502. The summed E-state index contributed by atoms with van der Waals surface area (Å²) >= 11 is 0. The van der Waals surface area contributed by atoms with E-state index in [1.165, 1.54) is 12.0 Å². The van der Waals surface area contributed by atoms with Gasteiger partial charge < -0.3 is 10.4 Å². The van der Waals surface area contributed by atoms with Crippen LogP contribution in [0, 0.1) is 0 Å². The van der Waals surface area contributed by atoms with Gasteiger partial charge in [-0.15, -0.1) is 0 Å². The smallest absolute Gasteiger partial charge is 0.0771 e. The Labute approximate surface area is 125 Å². The number of aliphatic hydroxyl groups is 1. The van der Waals surface area contributed by atoms with Gasteiger partial charge in [0.1, 0.15) is 0 Å². The van der Waals surface area contributed by atoms with Gasteiger partial charge in [-0.2, -0.15) is 5.10 Å². The Bertz CT molecular complexity index is 559. The number of hydrogen-bond acceptors (Lipinski definition) is 3. The van der Waals surface area contributed by atoms with Crippen molar-refractivity contribution >= 4 is 0 Å². The van der Waals surface area contributed by atoms with Crippen LogP contribution in [0.15, 0.2) is 42.7 Å². The van der Waals surface area contributed by atoms with E-state index in [1.807, 2.05) is 29.1 Å². The summed E-state index contributed by atoms with van der Waals surface area (Å²) < 4.78 is 1.86. The predicted molar refractivity (Wildman–Crippen MR) is 83.3 cm³/mol. The summed E-state index contributed by atoms with van der Waals surface area (Å²) in [5.41, 5.74) is 1.77. The van der Waals surface area contributed by atoms with E-state index < -0.39 is 5.60 Å². The van der Waals surface area contributed by atoms with E-state index in [2.05, 4.69) is 22.5 Å². The molecular weight excluding hydrogens is 262 g/mol. The number of benzene rings is 1. The zero-order valence-corrected chi connectivity index (χ0v) is 12.3. The lowest BCUT2D eigenvalue weighted by atomic mass is 9.85. The molecule has 0 aliphatic heterocycles. The molecule has 1 aliphatic rings. The van der Waals surface area contributed by atoms with Crippen molar-refractivity contribution in [2.24, 2.45) is 0 Å². The molecular formula is C17H23N3O. The van der Waals surface area contributed by atoms with E-state index in [0.717, 1.165) is 37.9 Å². The van der Waals surface area contributed by atoms with E-state index in [-0.39, 0.29) is 0 Å². The van der Waals surface area contributed by atoms with Gasteiger partial charge in [0.25, 0.3) is 0 Å². The topological polar surface area (TPSA) is 50.1 Å². The molecule has 2 N–H and O–H groups in total. The molecule has 2 aromatic rings. The first-order valence-corrected chi connectivity index (χ1v) is 7.77. The number of nitrogens with zero attached hydrogens (tertiary/aromatic N) is 2. The van der Waals surface area contributed by atoms with Gasteiger partial charge in [0.15, 0.2) is 0 Å². The maximum Gasteiger partial charge on any atom is 0.0771 e. The first kappa shape index (κ1) is 14.3. The maximum absolute atomic E-state index is 10.5. The SMILES string of the molecule is OC1(CNCc2cccc(-n3cccn3)c2)CCCCC1. The first-order chi connectivity index (χ1) is 10.3. The average molecular weight is 285 g/mol. The van der Waals surface area contributed by atoms with Gasteiger partial charge in [0, 0.05) is 25.5 Å². The Morgan fingerprint density at radius 1 is 1.19 bits per heavy atom. The summed E-state index contributed by atoms with van der Waals surface area (Å²) in [4.78, 5) is 0. The summed E-state index contributed by atoms with van der Waals surface area (Å²) in [6.07, 6.45) is 9.12. The van der Waals surface area contributed by atoms with Gasteiger partial charge >= 0.3 is 0 Å². The fourth-order valence-electron chi connectivity index (χ4n) is 3.06. The average Bonchev–Trinajstić information content (AvgIpc) is 3.02. The van der Waals surface area contributed by atoms with Crippen LogP contribution < -0.4 is 5.32 Å². The fraction of sp³-hybridized carbons (Fsp3) is 0.471. The molecule has 0 amide bonds. The van der Waals surface area contributed by atoms with Crippen LogP contribution in [-0.2, 0) is 6.54 Å². The summed E-state index contributed by atoms with van der Waals surface area (Å²) in [6.45, 7) is 1.45. The fourth-order valence-corrected chi connectivity index (χ4v) is 3.06. The Morgan fingerprint density at radius 3 is 2.81 bits per heavy atom. The molecule has 1 saturated carbocycles. The molecule has 0 saturated heterocycles. The van der Waals surface area contributed by atoms with E-state index in [0.29, 0.717) is 6.54 Å². The Morgan fingerprint density at radius 2 is 2.05 bits per heavy atom. The molecule has 1 aromatic carbocycles. The highest BCUT2D eigenvalue weighted by Gasteiger charge is 2.28. The van der Waals surface area contributed by atoms with Crippen LogP contribution >= 0.6 is 0 Å². The first-order valence-electron chi connectivity index (χ1n) is 7.77. The molecule has 0 radical (unpaired) electrons. The van der Waals surface area contributed by atoms with Crippen molar-refractivity contribution in [2.45, 2.75) is 44.2 Å². The molecule has 0 bridgehead atoms. The van der Waals surface area contributed by atoms with Crippen molar-refractivity contribution in [3.05, 3.63) is 48.3 Å². The molecule has 3 rings (SSSR count). The highest BCUT2D eigenvalue weighted by Crippen LogP contribution is 2.27. The Hall–Kier alpha value is -1.65. The number of hydrogen-bond donors (Lipinski definition) is 2. The second-order valence-corrected chi connectivity index (χ2v) is 6.01. The molecule has 112 valence electrons. The highest BCUT2D eigenvalue weighted by molar-refractivity contribution is 5.34. The van der Waals surface area contributed by atoms with Gasteiger partial charge in [0.2, 0.25) is 0 Å². The molecule has 1 fully saturated rings. The Balaban J connectivity index is 1.57. The van der Waals surface area contributed by atoms with Gasteiger partial charge in [0.05, 0.1) is 11.3 Å². The van der Waals surface area contributed by atoms with E-state index in [1.54, 1.807) is 6.20 Å². The summed E-state index contributed by atoms with van der Waals surface area (Å²) in [5, 5.41) is 18.1. The standard InChI is InChI=1S/C17H23N3O/c21-17(8-2-1-3-9-17)14-18-13-15-6-4-7-16(12-15)20-11-5-10-19-20/h4-7,10-12,18,21H,1-3,8-9,13-14H2. The summed E-state index contributed by atoms with van der Waals surface area (Å²) in [5.74, 6) is 0. The lowest BCUT2D eigenvalue weighted by molar-refractivity contribution is 0.00468. The summed E-state index contributed by atoms with van der Waals surface area (Å²) in [6, 6.07) is 10.2. The van der Waals surface area contributed by atoms with Crippen LogP contribution in [0.3, 0.4) is 0 Å². The minimum Gasteiger partial charge on any atom is -0.389 e. The minimum absolute atomic E-state index is 0.502. The van der Waals surface area contributed by atoms with Crippen LogP contribution in [0.4, 0.5) is 0 Å². The van der Waals surface area contributed by atoms with Gasteiger partial charge in [-0.05, 0) is 36.6 Å². The van der Waals surface area contributed by atoms with E-state index in [4.69, 9.17) is 0 Å². The van der Waals surface area contributed by atoms with Gasteiger partial charge in [-0.25, -0.2) is 4.68 Å². The van der Waals surface area contributed by atoms with Crippen molar-refractivity contribution in [3.8, 4) is 5.69 Å². The van der Waals surface area contributed by atoms with Crippen LogP contribution in [0.25, 0.3) is 5.69 Å². The second kappa shape index (κ2) is 6.41. The zero-order valence-electron chi connectivity index (χ0n) is 12.3. The normalized spacial score (nSPS) is 17.8. The van der Waals surface area contributed by atoms with Crippen molar-refractivity contribution in [1.29, 1.82) is 0 Å². The molecule has 0 unspecified atom stereocenters. The molecule has 1 aromatic heterocycles. The summed E-state index contributed by atoms with van der Waals surface area (Å²) in [7, 11) is 0. The third-order valence-corrected chi connectivity index (χ3v) is 4.25. The molecule has 4 heteroatoms. The molecule has 4 nitrogen and oxygen atoms in total. The van der Waals surface area contributed by atoms with Gasteiger partial charge in [-0.3, -0.25) is 0 Å². The van der Waals surface area contributed by atoms with Gasteiger partial charge in [-0.1, -0.05) is 31.4 Å². The largest absolute Gasteiger partial charge is 0.389 e. The van der Waals surface area contributed by atoms with Crippen molar-refractivity contribution in [2.75, 3.05) is 6.54 Å². The molecule has 1 aliphatic carbocycles. The maximum atomic E-state index is 10.5. The quantitative estimate of drug-likeness (QED) is 0.888.